The number of quaternary nitrogens is 1. The van der Waals surface area contributed by atoms with E-state index in [4.69, 9.17) is 18.5 Å². The predicted octanol–water partition coefficient (Wildman–Crippen LogP) is 15.2. The highest BCUT2D eigenvalue weighted by molar-refractivity contribution is 7.45. The van der Waals surface area contributed by atoms with E-state index in [0.29, 0.717) is 23.9 Å². The molecule has 0 aromatic carbocycles. The molecule has 0 aromatic heterocycles. The Morgan fingerprint density at radius 3 is 1.27 bits per heavy atom. The minimum Gasteiger partial charge on any atom is -0.756 e. The summed E-state index contributed by atoms with van der Waals surface area (Å²) in [6, 6.07) is 0. The molecule has 0 aromatic rings. The summed E-state index contributed by atoms with van der Waals surface area (Å²) < 4.78 is 34.0. The van der Waals surface area contributed by atoms with Crippen LogP contribution in [0.15, 0.2) is 109 Å². The van der Waals surface area contributed by atoms with Crippen LogP contribution in [-0.4, -0.2) is 70.0 Å². The smallest absolute Gasteiger partial charge is 0.306 e. The van der Waals surface area contributed by atoms with Crippen LogP contribution in [0.5, 0.6) is 0 Å². The highest BCUT2D eigenvalue weighted by atomic mass is 31.2. The summed E-state index contributed by atoms with van der Waals surface area (Å²) in [4.78, 5) is 37.7. The van der Waals surface area contributed by atoms with Crippen molar-refractivity contribution in [3.05, 3.63) is 109 Å². The van der Waals surface area contributed by atoms with Crippen LogP contribution in [0.4, 0.5) is 0 Å². The fraction of sp³-hybridized carbons (Fsp3) is 0.649. The third-order valence-electron chi connectivity index (χ3n) is 10.5. The number of ether oxygens (including phenoxy) is 2. The zero-order valence-electron chi connectivity index (χ0n) is 43.1. The number of unbranched alkanes of at least 4 members (excludes halogenated alkanes) is 14. The van der Waals surface area contributed by atoms with E-state index in [1.807, 2.05) is 21.1 Å². The monoisotopic (exact) mass is 954 g/mol. The molecule has 0 saturated heterocycles. The second-order valence-corrected chi connectivity index (χ2v) is 19.6. The van der Waals surface area contributed by atoms with Crippen LogP contribution in [0.25, 0.3) is 0 Å². The van der Waals surface area contributed by atoms with E-state index in [-0.39, 0.29) is 26.1 Å². The molecule has 67 heavy (non-hydrogen) atoms. The van der Waals surface area contributed by atoms with Crippen molar-refractivity contribution in [2.75, 3.05) is 47.5 Å². The lowest BCUT2D eigenvalue weighted by atomic mass is 10.1. The van der Waals surface area contributed by atoms with Crippen LogP contribution in [0.2, 0.25) is 0 Å². The SMILES string of the molecule is CC/C=C\C/C=C\C/C=C\C/C=C\C/C=C\C/C=C\C/C=C\CCCCCCCC(=O)OC(COC(=O)CCCCCCC/C=C\C/C=C\CCCCCC)COP(=O)([O-])OCC[N+](C)(C)C. The van der Waals surface area contributed by atoms with E-state index in [1.165, 1.54) is 32.1 Å². The largest absolute Gasteiger partial charge is 0.756 e. The maximum Gasteiger partial charge on any atom is 0.306 e. The number of carbonyl (C=O) groups excluding carboxylic acids is 2. The van der Waals surface area contributed by atoms with Gasteiger partial charge in [0.2, 0.25) is 0 Å². The maximum absolute atomic E-state index is 12.8. The zero-order valence-corrected chi connectivity index (χ0v) is 43.9. The molecule has 0 saturated carbocycles. The standard InChI is InChI=1S/C57H96NO8P/c1-6-8-10-12-14-16-18-20-22-24-25-26-27-28-29-30-31-32-33-34-36-38-40-42-44-46-48-50-57(60)66-55(54-65-67(61,62)64-52-51-58(3,4)5)53-63-56(59)49-47-45-43-41-39-37-35-23-21-19-17-15-13-11-9-7-2/h8,10,14,16-17,19-20,22-23,25-26,28-29,31-32,34-36,55H,6-7,9,11-13,15,18,21,24,27,30,33,37-54H2,1-5H3/b10-8-,16-14-,19-17-,22-20-,26-25-,29-28-,32-31-,35-23-,36-34-. The number of rotatable bonds is 46. The second kappa shape index (κ2) is 47.7. The van der Waals surface area contributed by atoms with Crippen LogP contribution in [0, 0.1) is 0 Å². The first-order valence-corrected chi connectivity index (χ1v) is 27.6. The number of phosphoric ester groups is 1. The van der Waals surface area contributed by atoms with E-state index in [0.717, 1.165) is 116 Å². The van der Waals surface area contributed by atoms with E-state index in [1.54, 1.807) is 0 Å². The van der Waals surface area contributed by atoms with Crippen molar-refractivity contribution in [1.29, 1.82) is 0 Å². The Morgan fingerprint density at radius 2 is 0.851 bits per heavy atom. The van der Waals surface area contributed by atoms with Gasteiger partial charge in [-0.1, -0.05) is 181 Å². The fourth-order valence-corrected chi connectivity index (χ4v) is 7.22. The van der Waals surface area contributed by atoms with Gasteiger partial charge in [-0.2, -0.15) is 0 Å². The third kappa shape index (κ3) is 51.9. The van der Waals surface area contributed by atoms with Crippen molar-refractivity contribution in [3.8, 4) is 0 Å². The summed E-state index contributed by atoms with van der Waals surface area (Å²) in [5.74, 6) is -0.881. The van der Waals surface area contributed by atoms with Gasteiger partial charge >= 0.3 is 11.9 Å². The van der Waals surface area contributed by atoms with Crippen molar-refractivity contribution >= 4 is 19.8 Å². The molecule has 0 rings (SSSR count). The highest BCUT2D eigenvalue weighted by Gasteiger charge is 2.21. The van der Waals surface area contributed by atoms with Gasteiger partial charge in [-0.05, 0) is 103 Å². The molecule has 0 aliphatic rings. The van der Waals surface area contributed by atoms with Crippen molar-refractivity contribution in [2.45, 2.75) is 193 Å². The van der Waals surface area contributed by atoms with E-state index >= 15 is 0 Å². The van der Waals surface area contributed by atoms with Crippen molar-refractivity contribution in [1.82, 2.24) is 0 Å². The fourth-order valence-electron chi connectivity index (χ4n) is 6.49. The van der Waals surface area contributed by atoms with Crippen LogP contribution in [-0.2, 0) is 32.7 Å². The number of phosphoric acid groups is 1. The van der Waals surface area contributed by atoms with Gasteiger partial charge in [-0.25, -0.2) is 0 Å². The Bertz CT molecular complexity index is 1500. The van der Waals surface area contributed by atoms with E-state index in [9.17, 15) is 19.0 Å². The molecule has 0 amide bonds. The van der Waals surface area contributed by atoms with Crippen LogP contribution < -0.4 is 4.89 Å². The summed E-state index contributed by atoms with van der Waals surface area (Å²) >= 11 is 0. The Hall–Kier alpha value is -3.33. The first-order chi connectivity index (χ1) is 32.5. The Balaban J connectivity index is 4.33. The number of esters is 2. The molecule has 0 spiro atoms. The van der Waals surface area contributed by atoms with E-state index in [2.05, 4.69) is 123 Å². The van der Waals surface area contributed by atoms with Gasteiger partial charge in [0.25, 0.3) is 7.82 Å². The molecule has 0 aliphatic carbocycles. The number of carbonyl (C=O) groups is 2. The van der Waals surface area contributed by atoms with Gasteiger partial charge in [0.1, 0.15) is 19.8 Å². The summed E-state index contributed by atoms with van der Waals surface area (Å²) in [5.41, 5.74) is 0. The highest BCUT2D eigenvalue weighted by Crippen LogP contribution is 2.38. The average molecular weight is 954 g/mol. The molecular weight excluding hydrogens is 858 g/mol. The zero-order chi connectivity index (χ0) is 49.2. The normalized spacial score (nSPS) is 14.3. The molecule has 9 nitrogen and oxygen atoms in total. The molecule has 0 bridgehead atoms. The van der Waals surface area contributed by atoms with Gasteiger partial charge in [-0.15, -0.1) is 0 Å². The molecule has 0 aliphatic heterocycles. The van der Waals surface area contributed by atoms with Crippen LogP contribution in [0.1, 0.15) is 187 Å². The lowest BCUT2D eigenvalue weighted by Crippen LogP contribution is -2.37. The van der Waals surface area contributed by atoms with Gasteiger partial charge in [0.05, 0.1) is 27.7 Å². The average Bonchev–Trinajstić information content (AvgIpc) is 3.29. The Kier molecular flexibility index (Phi) is 45.4. The molecule has 382 valence electrons. The van der Waals surface area contributed by atoms with Gasteiger partial charge in [0, 0.05) is 12.8 Å². The summed E-state index contributed by atoms with van der Waals surface area (Å²) in [5, 5.41) is 0. The molecule has 0 N–H and O–H groups in total. The second-order valence-electron chi connectivity index (χ2n) is 18.1. The third-order valence-corrected chi connectivity index (χ3v) is 11.5. The minimum absolute atomic E-state index is 0.0437. The first kappa shape index (κ1) is 63.7. The first-order valence-electron chi connectivity index (χ1n) is 26.1. The van der Waals surface area contributed by atoms with Gasteiger partial charge in [0.15, 0.2) is 6.10 Å². The van der Waals surface area contributed by atoms with Crippen molar-refractivity contribution in [2.24, 2.45) is 0 Å². The molecule has 0 fully saturated rings. The van der Waals surface area contributed by atoms with Crippen LogP contribution >= 0.6 is 7.82 Å². The molecular formula is C57H96NO8P. The molecule has 0 heterocycles. The number of allylic oxidation sites excluding steroid dienone is 18. The number of nitrogens with zero attached hydrogens (tertiary/aromatic N) is 1. The minimum atomic E-state index is -4.65. The molecule has 2 unspecified atom stereocenters. The molecule has 0 radical (unpaired) electrons. The Morgan fingerprint density at radius 1 is 0.478 bits per heavy atom. The summed E-state index contributed by atoms with van der Waals surface area (Å²) in [7, 11) is 1.12. The number of hydrogen-bond acceptors (Lipinski definition) is 8. The number of hydrogen-bond donors (Lipinski definition) is 0. The topological polar surface area (TPSA) is 111 Å². The quantitative estimate of drug-likeness (QED) is 0.0195. The predicted molar refractivity (Wildman–Crippen MR) is 282 cm³/mol. The summed E-state index contributed by atoms with van der Waals surface area (Å²) in [6.45, 7) is 4.04. The van der Waals surface area contributed by atoms with Crippen molar-refractivity contribution < 1.29 is 42.1 Å². The van der Waals surface area contributed by atoms with E-state index < -0.39 is 32.5 Å². The van der Waals surface area contributed by atoms with Gasteiger partial charge in [-0.3, -0.25) is 14.2 Å². The molecule has 10 heteroatoms. The lowest BCUT2D eigenvalue weighted by Gasteiger charge is -2.28. The van der Waals surface area contributed by atoms with Crippen molar-refractivity contribution in [3.63, 3.8) is 0 Å². The maximum atomic E-state index is 12.8. The number of likely N-dealkylation sites (N-methyl/N-ethyl adjacent to an activating group) is 1. The lowest BCUT2D eigenvalue weighted by molar-refractivity contribution is -0.870. The Labute approximate surface area is 410 Å². The van der Waals surface area contributed by atoms with Crippen LogP contribution in [0.3, 0.4) is 0 Å². The summed E-state index contributed by atoms with van der Waals surface area (Å²) in [6.07, 6.45) is 65.4. The molecule has 2 atom stereocenters. The van der Waals surface area contributed by atoms with Gasteiger partial charge < -0.3 is 27.9 Å².